The largest absolute Gasteiger partial charge is 0.294 e. The Kier molecular flexibility index (Phi) is 6.23. The third-order valence-corrected chi connectivity index (χ3v) is 1.81. The van der Waals surface area contributed by atoms with Crippen molar-refractivity contribution in [3.8, 4) is 0 Å². The van der Waals surface area contributed by atoms with Gasteiger partial charge in [-0.2, -0.15) is 0 Å². The fourth-order valence-corrected chi connectivity index (χ4v) is 0.930. The molecule has 86 valence electrons. The van der Waals surface area contributed by atoms with Crippen LogP contribution in [0.25, 0.3) is 0 Å². The molecule has 0 aliphatic rings. The van der Waals surface area contributed by atoms with Gasteiger partial charge in [0.1, 0.15) is 0 Å². The van der Waals surface area contributed by atoms with Gasteiger partial charge in [0.15, 0.2) is 0 Å². The van der Waals surface area contributed by atoms with E-state index in [-0.39, 0.29) is 18.7 Å². The molecule has 0 heterocycles. The van der Waals surface area contributed by atoms with E-state index in [0.717, 1.165) is 0 Å². The molecule has 0 saturated carbocycles. The molecular weight excluding hydrogens is 200 g/mol. The maximum Gasteiger partial charge on any atom is 0.243 e. The standard InChI is InChI=1S/C8H16N4O3/c1-6(13)12(10)8(15)5-3-2-4-7(14)11-9/h2-5,9-10H2,1H3,(H,11,14). The minimum atomic E-state index is -0.500. The molecule has 0 radical (unpaired) electrons. The zero-order valence-corrected chi connectivity index (χ0v) is 8.66. The van der Waals surface area contributed by atoms with Crippen molar-refractivity contribution < 1.29 is 14.4 Å². The van der Waals surface area contributed by atoms with Gasteiger partial charge < -0.3 is 0 Å². The van der Waals surface area contributed by atoms with Gasteiger partial charge in [0.2, 0.25) is 17.7 Å². The van der Waals surface area contributed by atoms with Gasteiger partial charge in [0, 0.05) is 19.8 Å². The minimum absolute atomic E-state index is 0.147. The highest BCUT2D eigenvalue weighted by molar-refractivity contribution is 5.93. The fraction of sp³-hybridized carbons (Fsp3) is 0.625. The van der Waals surface area contributed by atoms with Crippen LogP contribution in [0.3, 0.4) is 0 Å². The molecule has 0 aliphatic heterocycles. The lowest BCUT2D eigenvalue weighted by Gasteiger charge is -2.11. The predicted molar refractivity (Wildman–Crippen MR) is 52.5 cm³/mol. The Labute approximate surface area is 87.7 Å². The van der Waals surface area contributed by atoms with E-state index in [0.29, 0.717) is 17.9 Å². The van der Waals surface area contributed by atoms with Crippen molar-refractivity contribution in [2.24, 2.45) is 11.7 Å². The molecule has 7 nitrogen and oxygen atoms in total. The average Bonchev–Trinajstić information content (AvgIpc) is 2.22. The molecule has 0 aromatic rings. The summed E-state index contributed by atoms with van der Waals surface area (Å²) >= 11 is 0. The number of hydrogen-bond donors (Lipinski definition) is 3. The summed E-state index contributed by atoms with van der Waals surface area (Å²) in [6.07, 6.45) is 1.43. The summed E-state index contributed by atoms with van der Waals surface area (Å²) in [7, 11) is 0. The summed E-state index contributed by atoms with van der Waals surface area (Å²) in [5.41, 5.74) is 1.98. The van der Waals surface area contributed by atoms with Crippen molar-refractivity contribution in [2.75, 3.05) is 0 Å². The SMILES string of the molecule is CC(=O)N(N)C(=O)CCCCC(=O)NN. The number of amides is 3. The van der Waals surface area contributed by atoms with Gasteiger partial charge in [-0.15, -0.1) is 0 Å². The molecule has 0 atom stereocenters. The molecule has 7 heteroatoms. The lowest BCUT2D eigenvalue weighted by molar-refractivity contribution is -0.144. The van der Waals surface area contributed by atoms with Gasteiger partial charge in [-0.25, -0.2) is 16.7 Å². The minimum Gasteiger partial charge on any atom is -0.294 e. The number of hydrogen-bond acceptors (Lipinski definition) is 5. The normalized spacial score (nSPS) is 9.53. The topological polar surface area (TPSA) is 119 Å². The zero-order valence-electron chi connectivity index (χ0n) is 8.66. The number of nitrogens with one attached hydrogen (secondary N) is 1. The van der Waals surface area contributed by atoms with Crippen LogP contribution in [0.5, 0.6) is 0 Å². The third kappa shape index (κ3) is 5.76. The maximum absolute atomic E-state index is 11.2. The molecule has 0 bridgehead atoms. The lowest BCUT2D eigenvalue weighted by Crippen LogP contribution is -2.40. The number of hydrazine groups is 2. The highest BCUT2D eigenvalue weighted by Gasteiger charge is 2.12. The van der Waals surface area contributed by atoms with Crippen molar-refractivity contribution in [3.05, 3.63) is 0 Å². The first-order chi connectivity index (χ1) is 6.99. The van der Waals surface area contributed by atoms with E-state index in [1.54, 1.807) is 0 Å². The second-order valence-electron chi connectivity index (χ2n) is 3.06. The summed E-state index contributed by atoms with van der Waals surface area (Å²) in [5, 5.41) is 0.572. The van der Waals surface area contributed by atoms with Gasteiger partial charge >= 0.3 is 0 Å². The van der Waals surface area contributed by atoms with Crippen LogP contribution >= 0.6 is 0 Å². The zero-order chi connectivity index (χ0) is 11.8. The van der Waals surface area contributed by atoms with Gasteiger partial charge in [0.25, 0.3) is 0 Å². The summed E-state index contributed by atoms with van der Waals surface area (Å²) in [6.45, 7) is 1.21. The quantitative estimate of drug-likeness (QED) is 0.230. The van der Waals surface area contributed by atoms with Gasteiger partial charge in [-0.1, -0.05) is 0 Å². The summed E-state index contributed by atoms with van der Waals surface area (Å²) in [6, 6.07) is 0. The molecule has 0 unspecified atom stereocenters. The highest BCUT2D eigenvalue weighted by Crippen LogP contribution is 2.01. The first-order valence-corrected chi connectivity index (χ1v) is 4.56. The van der Waals surface area contributed by atoms with E-state index >= 15 is 0 Å². The third-order valence-electron chi connectivity index (χ3n) is 1.81. The van der Waals surface area contributed by atoms with E-state index in [2.05, 4.69) is 0 Å². The molecule has 0 aromatic carbocycles. The second-order valence-corrected chi connectivity index (χ2v) is 3.06. The first kappa shape index (κ1) is 13.5. The predicted octanol–water partition coefficient (Wildman–Crippen LogP) is -1.21. The average molecular weight is 216 g/mol. The second kappa shape index (κ2) is 6.91. The van der Waals surface area contributed by atoms with E-state index in [1.807, 2.05) is 5.43 Å². The smallest absolute Gasteiger partial charge is 0.243 e. The van der Waals surface area contributed by atoms with Crippen molar-refractivity contribution >= 4 is 17.7 Å². The fourth-order valence-electron chi connectivity index (χ4n) is 0.930. The Balaban J connectivity index is 3.64. The van der Waals surface area contributed by atoms with Crippen molar-refractivity contribution in [1.29, 1.82) is 0 Å². The van der Waals surface area contributed by atoms with E-state index < -0.39 is 11.8 Å². The molecule has 15 heavy (non-hydrogen) atoms. The first-order valence-electron chi connectivity index (χ1n) is 4.56. The molecule has 0 spiro atoms. The Morgan fingerprint density at radius 1 is 1.20 bits per heavy atom. The molecule has 0 aromatic heterocycles. The van der Waals surface area contributed by atoms with E-state index in [1.165, 1.54) is 6.92 Å². The van der Waals surface area contributed by atoms with Crippen LogP contribution in [0, 0.1) is 0 Å². The molecule has 0 saturated heterocycles. The Morgan fingerprint density at radius 2 is 1.73 bits per heavy atom. The van der Waals surface area contributed by atoms with Crippen molar-refractivity contribution in [2.45, 2.75) is 32.6 Å². The number of rotatable bonds is 5. The molecule has 3 amide bonds. The number of unbranched alkanes of at least 4 members (excludes halogenated alkanes) is 1. The van der Waals surface area contributed by atoms with Crippen LogP contribution in [0.1, 0.15) is 32.6 Å². The monoisotopic (exact) mass is 216 g/mol. The number of nitrogens with zero attached hydrogens (tertiary/aromatic N) is 1. The van der Waals surface area contributed by atoms with Crippen LogP contribution < -0.4 is 17.1 Å². The van der Waals surface area contributed by atoms with Gasteiger partial charge in [-0.3, -0.25) is 19.8 Å². The molecular formula is C8H16N4O3. The van der Waals surface area contributed by atoms with Crippen LogP contribution in [0.4, 0.5) is 0 Å². The van der Waals surface area contributed by atoms with E-state index in [9.17, 15) is 14.4 Å². The van der Waals surface area contributed by atoms with Crippen molar-refractivity contribution in [3.63, 3.8) is 0 Å². The molecule has 0 aliphatic carbocycles. The lowest BCUT2D eigenvalue weighted by atomic mass is 10.2. The molecule has 5 N–H and O–H groups in total. The van der Waals surface area contributed by atoms with Crippen LogP contribution in [-0.4, -0.2) is 22.7 Å². The Bertz CT molecular complexity index is 254. The Morgan fingerprint density at radius 3 is 2.20 bits per heavy atom. The van der Waals surface area contributed by atoms with E-state index in [4.69, 9.17) is 11.7 Å². The van der Waals surface area contributed by atoms with Gasteiger partial charge in [0.05, 0.1) is 0 Å². The summed E-state index contributed by atoms with van der Waals surface area (Å²) < 4.78 is 0. The maximum atomic E-state index is 11.2. The summed E-state index contributed by atoms with van der Waals surface area (Å²) in [5.74, 6) is 8.80. The highest BCUT2D eigenvalue weighted by atomic mass is 16.2. The van der Waals surface area contributed by atoms with Gasteiger partial charge in [-0.05, 0) is 12.8 Å². The van der Waals surface area contributed by atoms with Crippen LogP contribution in [-0.2, 0) is 14.4 Å². The number of carbonyl (C=O) groups is 3. The number of nitrogens with two attached hydrogens (primary N) is 2. The number of imide groups is 1. The van der Waals surface area contributed by atoms with Crippen LogP contribution in [0.15, 0.2) is 0 Å². The Hall–Kier alpha value is -1.47. The van der Waals surface area contributed by atoms with Crippen LogP contribution in [0.2, 0.25) is 0 Å². The number of carbonyl (C=O) groups excluding carboxylic acids is 3. The molecule has 0 rings (SSSR count). The summed E-state index contributed by atoms with van der Waals surface area (Å²) in [4.78, 5) is 32.5. The molecule has 0 fully saturated rings. The van der Waals surface area contributed by atoms with Crippen molar-refractivity contribution in [1.82, 2.24) is 10.4 Å².